The number of hydrogen-bond donors (Lipinski definition) is 2. The SMILES string of the molecule is Cc1cc(C(=O)NCc2ccc(OCC3CC3)nc2)ccc1N1CCNC1=O. The van der Waals surface area contributed by atoms with Crippen molar-refractivity contribution in [2.45, 2.75) is 26.3 Å². The van der Waals surface area contributed by atoms with E-state index in [0.717, 1.165) is 23.4 Å². The second kappa shape index (κ2) is 7.88. The van der Waals surface area contributed by atoms with Crippen LogP contribution in [0.3, 0.4) is 0 Å². The summed E-state index contributed by atoms with van der Waals surface area (Å²) in [5.41, 5.74) is 3.20. The van der Waals surface area contributed by atoms with Gasteiger partial charge in [-0.25, -0.2) is 9.78 Å². The third kappa shape index (κ3) is 4.24. The van der Waals surface area contributed by atoms with Gasteiger partial charge in [-0.2, -0.15) is 0 Å². The van der Waals surface area contributed by atoms with Gasteiger partial charge in [-0.05, 0) is 55.0 Å². The smallest absolute Gasteiger partial charge is 0.322 e. The van der Waals surface area contributed by atoms with E-state index < -0.39 is 0 Å². The van der Waals surface area contributed by atoms with Gasteiger partial charge in [-0.15, -0.1) is 0 Å². The van der Waals surface area contributed by atoms with Gasteiger partial charge in [0, 0.05) is 43.1 Å². The van der Waals surface area contributed by atoms with E-state index in [1.54, 1.807) is 17.2 Å². The molecule has 1 aliphatic heterocycles. The standard InChI is InChI=1S/C21H24N4O3/c1-14-10-17(5-6-18(14)25-9-8-22-21(25)27)20(26)24-12-16-4-7-19(23-11-16)28-13-15-2-3-15/h4-7,10-11,15H,2-3,8-9,12-13H2,1H3,(H,22,27)(H,24,26). The number of urea groups is 1. The summed E-state index contributed by atoms with van der Waals surface area (Å²) >= 11 is 0. The quantitative estimate of drug-likeness (QED) is 0.774. The molecule has 7 heteroatoms. The maximum atomic E-state index is 12.5. The number of carbonyl (C=O) groups is 2. The van der Waals surface area contributed by atoms with Crippen LogP contribution in [-0.4, -0.2) is 36.6 Å². The van der Waals surface area contributed by atoms with Gasteiger partial charge in [0.15, 0.2) is 0 Å². The van der Waals surface area contributed by atoms with Crippen LogP contribution in [0.5, 0.6) is 5.88 Å². The summed E-state index contributed by atoms with van der Waals surface area (Å²) in [6.45, 7) is 4.31. The zero-order valence-electron chi connectivity index (χ0n) is 15.9. The first-order valence-corrected chi connectivity index (χ1v) is 9.62. The molecule has 0 unspecified atom stereocenters. The summed E-state index contributed by atoms with van der Waals surface area (Å²) in [6.07, 6.45) is 4.22. The van der Waals surface area contributed by atoms with E-state index in [1.807, 2.05) is 31.2 Å². The van der Waals surface area contributed by atoms with Gasteiger partial charge >= 0.3 is 6.03 Å². The van der Waals surface area contributed by atoms with E-state index >= 15 is 0 Å². The molecule has 0 radical (unpaired) electrons. The van der Waals surface area contributed by atoms with Crippen LogP contribution in [-0.2, 0) is 6.54 Å². The molecular formula is C21H24N4O3. The number of hydrogen-bond acceptors (Lipinski definition) is 4. The number of benzene rings is 1. The maximum Gasteiger partial charge on any atom is 0.322 e. The predicted octanol–water partition coefficient (Wildman–Crippen LogP) is 2.64. The van der Waals surface area contributed by atoms with Crippen LogP contribution < -0.4 is 20.3 Å². The van der Waals surface area contributed by atoms with Gasteiger partial charge in [0.2, 0.25) is 5.88 Å². The zero-order chi connectivity index (χ0) is 19.5. The number of nitrogens with one attached hydrogen (secondary N) is 2. The fraction of sp³-hybridized carbons (Fsp3) is 0.381. The number of amides is 3. The summed E-state index contributed by atoms with van der Waals surface area (Å²) in [4.78, 5) is 30.3. The third-order valence-electron chi connectivity index (χ3n) is 5.02. The molecule has 2 N–H and O–H groups in total. The van der Waals surface area contributed by atoms with Gasteiger partial charge in [0.25, 0.3) is 5.91 Å². The Morgan fingerprint density at radius 1 is 1.32 bits per heavy atom. The third-order valence-corrected chi connectivity index (χ3v) is 5.02. The monoisotopic (exact) mass is 380 g/mol. The summed E-state index contributed by atoms with van der Waals surface area (Å²) in [5.74, 6) is 1.16. The van der Waals surface area contributed by atoms with E-state index in [9.17, 15) is 9.59 Å². The molecule has 1 saturated heterocycles. The Balaban J connectivity index is 1.33. The second-order valence-corrected chi connectivity index (χ2v) is 7.33. The molecule has 2 aliphatic rings. The summed E-state index contributed by atoms with van der Waals surface area (Å²) in [5, 5.41) is 5.69. The minimum atomic E-state index is -0.158. The van der Waals surface area contributed by atoms with Crippen LogP contribution in [0.1, 0.15) is 34.3 Å². The highest BCUT2D eigenvalue weighted by molar-refractivity contribution is 5.97. The Morgan fingerprint density at radius 3 is 2.82 bits per heavy atom. The molecule has 1 saturated carbocycles. The maximum absolute atomic E-state index is 12.5. The Morgan fingerprint density at radius 2 is 2.18 bits per heavy atom. The number of nitrogens with zero attached hydrogens (tertiary/aromatic N) is 2. The minimum absolute atomic E-state index is 0.0997. The number of rotatable bonds is 7. The van der Waals surface area contributed by atoms with E-state index in [0.29, 0.717) is 37.0 Å². The first-order valence-electron chi connectivity index (χ1n) is 9.62. The Kier molecular flexibility index (Phi) is 5.14. The fourth-order valence-electron chi connectivity index (χ4n) is 3.17. The molecule has 0 bridgehead atoms. The van der Waals surface area contributed by atoms with Crippen molar-refractivity contribution in [1.82, 2.24) is 15.6 Å². The average Bonchev–Trinajstić information content (AvgIpc) is 3.45. The highest BCUT2D eigenvalue weighted by atomic mass is 16.5. The molecule has 2 heterocycles. The van der Waals surface area contributed by atoms with Crippen LogP contribution >= 0.6 is 0 Å². The number of aromatic nitrogens is 1. The number of aryl methyl sites for hydroxylation is 1. The lowest BCUT2D eigenvalue weighted by Gasteiger charge is -2.17. The molecule has 146 valence electrons. The molecule has 7 nitrogen and oxygen atoms in total. The van der Waals surface area contributed by atoms with Crippen molar-refractivity contribution in [2.24, 2.45) is 5.92 Å². The average molecular weight is 380 g/mol. The van der Waals surface area contributed by atoms with Crippen molar-refractivity contribution in [3.8, 4) is 5.88 Å². The zero-order valence-corrected chi connectivity index (χ0v) is 15.9. The predicted molar refractivity (Wildman–Crippen MR) is 106 cm³/mol. The van der Waals surface area contributed by atoms with Gasteiger partial charge in [0.1, 0.15) is 0 Å². The lowest BCUT2D eigenvalue weighted by atomic mass is 10.1. The number of carbonyl (C=O) groups excluding carboxylic acids is 2. The van der Waals surface area contributed by atoms with Crippen molar-refractivity contribution >= 4 is 17.6 Å². The lowest BCUT2D eigenvalue weighted by Crippen LogP contribution is -2.28. The first kappa shape index (κ1) is 18.3. The van der Waals surface area contributed by atoms with Crippen molar-refractivity contribution in [3.05, 3.63) is 53.2 Å². The summed E-state index contributed by atoms with van der Waals surface area (Å²) < 4.78 is 5.62. The molecular weight excluding hydrogens is 356 g/mol. The van der Waals surface area contributed by atoms with Crippen LogP contribution in [0, 0.1) is 12.8 Å². The van der Waals surface area contributed by atoms with E-state index in [4.69, 9.17) is 4.74 Å². The van der Waals surface area contributed by atoms with E-state index in [-0.39, 0.29) is 11.9 Å². The van der Waals surface area contributed by atoms with Crippen molar-refractivity contribution < 1.29 is 14.3 Å². The van der Waals surface area contributed by atoms with Gasteiger partial charge in [-0.1, -0.05) is 6.07 Å². The van der Waals surface area contributed by atoms with Gasteiger partial charge in [0.05, 0.1) is 6.61 Å². The summed E-state index contributed by atoms with van der Waals surface area (Å²) in [6, 6.07) is 9.03. The van der Waals surface area contributed by atoms with E-state index in [1.165, 1.54) is 12.8 Å². The Labute approximate surface area is 164 Å². The normalized spacial score (nSPS) is 16.0. The molecule has 0 atom stereocenters. The molecule has 4 rings (SSSR count). The lowest BCUT2D eigenvalue weighted by molar-refractivity contribution is 0.0951. The van der Waals surface area contributed by atoms with Gasteiger partial charge in [-0.3, -0.25) is 9.69 Å². The molecule has 28 heavy (non-hydrogen) atoms. The first-order chi connectivity index (χ1) is 13.6. The van der Waals surface area contributed by atoms with E-state index in [2.05, 4.69) is 15.6 Å². The highest BCUT2D eigenvalue weighted by Gasteiger charge is 2.23. The summed E-state index contributed by atoms with van der Waals surface area (Å²) in [7, 11) is 0. The van der Waals surface area contributed by atoms with Crippen molar-refractivity contribution in [1.29, 1.82) is 0 Å². The molecule has 1 aliphatic carbocycles. The van der Waals surface area contributed by atoms with Crippen LogP contribution in [0.4, 0.5) is 10.5 Å². The topological polar surface area (TPSA) is 83.6 Å². The van der Waals surface area contributed by atoms with Crippen LogP contribution in [0.2, 0.25) is 0 Å². The number of ether oxygens (including phenoxy) is 1. The Bertz CT molecular complexity index is 878. The molecule has 0 spiro atoms. The van der Waals surface area contributed by atoms with Gasteiger partial charge < -0.3 is 15.4 Å². The molecule has 1 aromatic carbocycles. The minimum Gasteiger partial charge on any atom is -0.477 e. The Hall–Kier alpha value is -3.09. The molecule has 2 aromatic rings. The largest absolute Gasteiger partial charge is 0.477 e. The van der Waals surface area contributed by atoms with Crippen LogP contribution in [0.25, 0.3) is 0 Å². The number of pyridine rings is 1. The van der Waals surface area contributed by atoms with Crippen molar-refractivity contribution in [3.63, 3.8) is 0 Å². The van der Waals surface area contributed by atoms with Crippen LogP contribution in [0.15, 0.2) is 36.5 Å². The molecule has 3 amide bonds. The second-order valence-electron chi connectivity index (χ2n) is 7.33. The molecule has 2 fully saturated rings. The molecule has 1 aromatic heterocycles. The number of anilines is 1. The highest BCUT2D eigenvalue weighted by Crippen LogP contribution is 2.29. The fourth-order valence-corrected chi connectivity index (χ4v) is 3.17. The van der Waals surface area contributed by atoms with Crippen molar-refractivity contribution in [2.75, 3.05) is 24.6 Å².